The second kappa shape index (κ2) is 16.7. The van der Waals surface area contributed by atoms with E-state index in [-0.39, 0.29) is 12.0 Å². The van der Waals surface area contributed by atoms with Crippen LogP contribution in [0.3, 0.4) is 0 Å². The normalized spacial score (nSPS) is 24.2. The maximum atomic E-state index is 12.7. The van der Waals surface area contributed by atoms with Crippen molar-refractivity contribution in [2.75, 3.05) is 6.61 Å². The molecule has 4 atom stereocenters. The Labute approximate surface area is 256 Å². The van der Waals surface area contributed by atoms with Gasteiger partial charge in [-0.2, -0.15) is 0 Å². The summed E-state index contributed by atoms with van der Waals surface area (Å²) >= 11 is 0. The van der Waals surface area contributed by atoms with E-state index < -0.39 is 17.2 Å². The van der Waals surface area contributed by atoms with Gasteiger partial charge in [0.25, 0.3) is 0 Å². The van der Waals surface area contributed by atoms with Crippen molar-refractivity contribution in [3.05, 3.63) is 35.4 Å². The van der Waals surface area contributed by atoms with Gasteiger partial charge in [0.15, 0.2) is 11.5 Å². The van der Waals surface area contributed by atoms with E-state index in [2.05, 4.69) is 40.3 Å². The van der Waals surface area contributed by atoms with Crippen LogP contribution in [-0.4, -0.2) is 29.6 Å². The summed E-state index contributed by atoms with van der Waals surface area (Å²) in [5.74, 6) is 1.06. The molecule has 0 saturated heterocycles. The molecule has 1 aliphatic heterocycles. The molecule has 1 aliphatic carbocycles. The molecule has 2 aliphatic rings. The lowest BCUT2D eigenvalue weighted by atomic mass is 9.52. The van der Waals surface area contributed by atoms with Gasteiger partial charge in [0, 0.05) is 5.56 Å². The zero-order valence-corrected chi connectivity index (χ0v) is 27.5. The molecule has 5 nitrogen and oxygen atoms in total. The highest BCUT2D eigenvalue weighted by molar-refractivity contribution is 5.69. The van der Waals surface area contributed by atoms with Crippen LogP contribution < -0.4 is 9.47 Å². The zero-order valence-electron chi connectivity index (χ0n) is 27.5. The van der Waals surface area contributed by atoms with E-state index in [9.17, 15) is 9.90 Å². The van der Waals surface area contributed by atoms with Crippen molar-refractivity contribution < 1.29 is 24.1 Å². The minimum atomic E-state index is -0.980. The van der Waals surface area contributed by atoms with Crippen LogP contribution in [0.5, 0.6) is 11.5 Å². The predicted molar refractivity (Wildman–Crippen MR) is 173 cm³/mol. The minimum Gasteiger partial charge on any atom is -0.481 e. The first-order valence-electron chi connectivity index (χ1n) is 17.4. The maximum absolute atomic E-state index is 12.7. The molecule has 1 aromatic rings. The molecular weight excluding hydrogens is 524 g/mol. The fraction of sp³-hybridized carbons (Fsp3) is 0.757. The average molecular weight is 585 g/mol. The number of hydrogen-bond donors (Lipinski definition) is 1. The van der Waals surface area contributed by atoms with E-state index in [0.717, 1.165) is 56.1 Å². The Hall–Kier alpha value is -2.01. The van der Waals surface area contributed by atoms with Crippen LogP contribution >= 0.6 is 0 Å². The number of hydrogen-bond acceptors (Lipinski definition) is 5. The fourth-order valence-electron chi connectivity index (χ4n) is 7.61. The molecule has 0 aromatic heterocycles. The molecule has 1 aromatic carbocycles. The summed E-state index contributed by atoms with van der Waals surface area (Å²) in [6.07, 6.45) is 19.6. The van der Waals surface area contributed by atoms with Crippen LogP contribution in [0.4, 0.5) is 4.79 Å². The second-order valence-electron chi connectivity index (χ2n) is 13.1. The maximum Gasteiger partial charge on any atom is 0.513 e. The Morgan fingerprint density at radius 1 is 0.929 bits per heavy atom. The van der Waals surface area contributed by atoms with Gasteiger partial charge in [0.2, 0.25) is 0 Å². The van der Waals surface area contributed by atoms with Gasteiger partial charge in [0.05, 0.1) is 17.6 Å². The molecule has 0 radical (unpaired) electrons. The lowest BCUT2D eigenvalue weighted by molar-refractivity contribution is -0.106. The molecule has 0 fully saturated rings. The van der Waals surface area contributed by atoms with Crippen molar-refractivity contribution in [1.29, 1.82) is 0 Å². The first-order chi connectivity index (χ1) is 20.3. The van der Waals surface area contributed by atoms with Gasteiger partial charge < -0.3 is 19.3 Å². The lowest BCUT2D eigenvalue weighted by Crippen LogP contribution is -2.62. The highest BCUT2D eigenvalue weighted by Gasteiger charge is 2.65. The Balaban J connectivity index is 1.52. The van der Waals surface area contributed by atoms with Crippen molar-refractivity contribution >= 4 is 6.16 Å². The third kappa shape index (κ3) is 7.73. The Kier molecular flexibility index (Phi) is 13.7. The zero-order chi connectivity index (χ0) is 30.6. The molecular formula is C37H60O5. The van der Waals surface area contributed by atoms with Crippen molar-refractivity contribution in [2.45, 2.75) is 167 Å². The summed E-state index contributed by atoms with van der Waals surface area (Å²) in [4.78, 5) is 12.7. The highest BCUT2D eigenvalue weighted by atomic mass is 16.7. The highest BCUT2D eigenvalue weighted by Crippen LogP contribution is 2.62. The molecule has 1 N–H and O–H groups in total. The van der Waals surface area contributed by atoms with Crippen molar-refractivity contribution in [3.63, 3.8) is 0 Å². The Bertz CT molecular complexity index is 998. The number of ether oxygens (including phenoxy) is 3. The second-order valence-corrected chi connectivity index (χ2v) is 13.1. The van der Waals surface area contributed by atoms with Crippen LogP contribution in [0.15, 0.2) is 24.3 Å². The Morgan fingerprint density at radius 3 is 2.07 bits per heavy atom. The molecule has 5 heteroatoms. The van der Waals surface area contributed by atoms with Gasteiger partial charge in [-0.3, -0.25) is 0 Å². The van der Waals surface area contributed by atoms with Gasteiger partial charge >= 0.3 is 6.16 Å². The summed E-state index contributed by atoms with van der Waals surface area (Å²) in [6.45, 7) is 15.3. The van der Waals surface area contributed by atoms with E-state index in [1.807, 2.05) is 13.0 Å². The standard InChI is InChI=1S/C37H60O5/c1-7-11-12-13-14-15-16-17-18-19-20-21-22-26-40-35(38)41-31-24-23-29-27-30(10-4)36(6,39)37(25-8-2)32(29)33(31)42-34(37)28(5)9-3/h23-24,30,34,39H,5,7-22,25-27H2,1-4,6H3. The molecule has 1 heterocycles. The number of aliphatic hydroxyl groups is 1. The van der Waals surface area contributed by atoms with Crippen LogP contribution in [0.2, 0.25) is 0 Å². The minimum absolute atomic E-state index is 0.107. The molecule has 0 bridgehead atoms. The molecule has 4 unspecified atom stereocenters. The van der Waals surface area contributed by atoms with Crippen molar-refractivity contribution in [2.24, 2.45) is 5.92 Å². The smallest absolute Gasteiger partial charge is 0.481 e. The van der Waals surface area contributed by atoms with Gasteiger partial charge in [0.1, 0.15) is 6.10 Å². The summed E-state index contributed by atoms with van der Waals surface area (Å²) in [5, 5.41) is 12.2. The molecule has 0 saturated carbocycles. The average Bonchev–Trinajstić information content (AvgIpc) is 3.33. The molecule has 0 spiro atoms. The summed E-state index contributed by atoms with van der Waals surface area (Å²) in [5.41, 5.74) is 1.53. The third-order valence-electron chi connectivity index (χ3n) is 10.1. The quantitative estimate of drug-likeness (QED) is 0.0715. The van der Waals surface area contributed by atoms with Crippen LogP contribution in [0, 0.1) is 5.92 Å². The molecule has 42 heavy (non-hydrogen) atoms. The third-order valence-corrected chi connectivity index (χ3v) is 10.1. The van der Waals surface area contributed by atoms with Crippen molar-refractivity contribution in [3.8, 4) is 11.5 Å². The number of unbranched alkanes of at least 4 members (excludes halogenated alkanes) is 12. The summed E-state index contributed by atoms with van der Waals surface area (Å²) in [6, 6.07) is 3.89. The first kappa shape index (κ1) is 34.5. The van der Waals surface area contributed by atoms with E-state index in [4.69, 9.17) is 14.2 Å². The SMILES string of the molecule is C=C(CC)C1Oc2c(OC(=O)OCCCCCCCCCCCCCCC)ccc3c2C1(CCC)C(C)(O)C(CC)C3. The Morgan fingerprint density at radius 2 is 1.52 bits per heavy atom. The summed E-state index contributed by atoms with van der Waals surface area (Å²) < 4.78 is 17.8. The number of carbonyl (C=O) groups is 1. The molecule has 3 rings (SSSR count). The van der Waals surface area contributed by atoms with Gasteiger partial charge in [-0.1, -0.05) is 130 Å². The van der Waals surface area contributed by atoms with Crippen LogP contribution in [0.1, 0.15) is 155 Å². The van der Waals surface area contributed by atoms with Gasteiger partial charge in [-0.15, -0.1) is 0 Å². The van der Waals surface area contributed by atoms with Crippen LogP contribution in [0.25, 0.3) is 0 Å². The molecule has 238 valence electrons. The van der Waals surface area contributed by atoms with E-state index in [1.165, 1.54) is 76.2 Å². The summed E-state index contributed by atoms with van der Waals surface area (Å²) in [7, 11) is 0. The predicted octanol–water partition coefficient (Wildman–Crippen LogP) is 10.4. The van der Waals surface area contributed by atoms with Crippen LogP contribution in [-0.2, 0) is 16.6 Å². The number of rotatable bonds is 20. The van der Waals surface area contributed by atoms with E-state index in [1.54, 1.807) is 0 Å². The lowest BCUT2D eigenvalue weighted by Gasteiger charge is -2.53. The largest absolute Gasteiger partial charge is 0.513 e. The van der Waals surface area contributed by atoms with Gasteiger partial charge in [-0.05, 0) is 55.7 Å². The fourth-order valence-corrected chi connectivity index (χ4v) is 7.61. The van der Waals surface area contributed by atoms with Crippen molar-refractivity contribution in [1.82, 2.24) is 0 Å². The monoisotopic (exact) mass is 584 g/mol. The number of benzene rings is 1. The van der Waals surface area contributed by atoms with E-state index in [0.29, 0.717) is 18.1 Å². The van der Waals surface area contributed by atoms with Gasteiger partial charge in [-0.25, -0.2) is 4.79 Å². The van der Waals surface area contributed by atoms with E-state index >= 15 is 0 Å². The number of carbonyl (C=O) groups excluding carboxylic acids is 1. The topological polar surface area (TPSA) is 65.0 Å². The first-order valence-corrected chi connectivity index (χ1v) is 17.4. The molecule has 0 amide bonds.